The van der Waals surface area contributed by atoms with Crippen molar-refractivity contribution in [3.8, 4) is 0 Å². The van der Waals surface area contributed by atoms with Gasteiger partial charge in [-0.2, -0.15) is 0 Å². The maximum Gasteiger partial charge on any atom is 0.507 e. The zero-order valence-corrected chi connectivity index (χ0v) is 30.4. The summed E-state index contributed by atoms with van der Waals surface area (Å²) < 4.78 is 18.3. The molecular formula is C37H34N4O12S2. The van der Waals surface area contributed by atoms with Crippen LogP contribution in [0.15, 0.2) is 120 Å². The minimum atomic E-state index is -1.55. The summed E-state index contributed by atoms with van der Waals surface area (Å²) in [5.41, 5.74) is 3.39. The van der Waals surface area contributed by atoms with Gasteiger partial charge in [-0.15, -0.1) is 0 Å². The minimum Gasteiger partial charge on any atom is -0.450 e. The SMILES string of the molecule is CCC(OC(=O)O)C(OC(=O)O)Sc1nc2ccccc2[nH]1.O=C(O)OCC(OC(=O)O)C(Sc1nc2ccccc2[nH]1)(c1ccccc1)c1ccccc1. The highest BCUT2D eigenvalue weighted by Crippen LogP contribution is 2.50. The average Bonchev–Trinajstić information content (AvgIpc) is 3.78. The molecule has 2 heterocycles. The van der Waals surface area contributed by atoms with Crippen LogP contribution >= 0.6 is 23.5 Å². The van der Waals surface area contributed by atoms with Gasteiger partial charge < -0.3 is 49.3 Å². The first-order valence-corrected chi connectivity index (χ1v) is 18.1. The molecule has 3 unspecified atom stereocenters. The van der Waals surface area contributed by atoms with Crippen LogP contribution in [0.5, 0.6) is 0 Å². The summed E-state index contributed by atoms with van der Waals surface area (Å²) in [6.07, 6.45) is -7.98. The summed E-state index contributed by atoms with van der Waals surface area (Å²) in [4.78, 5) is 59.6. The predicted molar refractivity (Wildman–Crippen MR) is 201 cm³/mol. The van der Waals surface area contributed by atoms with Crippen LogP contribution in [-0.2, 0) is 23.7 Å². The number of imidazole rings is 2. The van der Waals surface area contributed by atoms with Crippen LogP contribution in [0.25, 0.3) is 22.1 Å². The molecule has 0 saturated carbocycles. The Kier molecular flexibility index (Phi) is 13.4. The number of H-pyrrole nitrogens is 2. The van der Waals surface area contributed by atoms with Crippen LogP contribution in [0.3, 0.4) is 0 Å². The van der Waals surface area contributed by atoms with E-state index in [4.69, 9.17) is 29.5 Å². The van der Waals surface area contributed by atoms with Gasteiger partial charge in [0.25, 0.3) is 0 Å². The Labute approximate surface area is 320 Å². The Bertz CT molecular complexity index is 2110. The second-order valence-electron chi connectivity index (χ2n) is 11.3. The summed E-state index contributed by atoms with van der Waals surface area (Å²) >= 11 is 2.20. The van der Waals surface area contributed by atoms with E-state index < -0.39 is 53.6 Å². The number of aromatic nitrogens is 4. The maximum absolute atomic E-state index is 11.7. The summed E-state index contributed by atoms with van der Waals surface area (Å²) in [6, 6.07) is 33.1. The van der Waals surface area contributed by atoms with Gasteiger partial charge in [-0.1, -0.05) is 104 Å². The van der Waals surface area contributed by atoms with Crippen molar-refractivity contribution in [2.45, 2.75) is 46.0 Å². The third kappa shape index (κ3) is 10.4. The molecule has 0 spiro atoms. The number of aromatic amines is 2. The van der Waals surface area contributed by atoms with Crippen LogP contribution in [0.1, 0.15) is 24.5 Å². The van der Waals surface area contributed by atoms with Gasteiger partial charge >= 0.3 is 24.6 Å². The number of nitrogens with one attached hydrogen (secondary N) is 2. The first kappa shape index (κ1) is 39.8. The Balaban J connectivity index is 0.000000229. The van der Waals surface area contributed by atoms with Gasteiger partial charge in [0.1, 0.15) is 11.4 Å². The average molecular weight is 791 g/mol. The number of rotatable bonds is 14. The Morgan fingerprint density at radius 2 is 1.11 bits per heavy atom. The highest BCUT2D eigenvalue weighted by Gasteiger charge is 2.47. The van der Waals surface area contributed by atoms with Gasteiger partial charge in [-0.25, -0.2) is 29.1 Å². The largest absolute Gasteiger partial charge is 0.507 e. The lowest BCUT2D eigenvalue weighted by molar-refractivity contribution is -0.00888. The van der Waals surface area contributed by atoms with Gasteiger partial charge in [0.05, 0.1) is 22.1 Å². The first-order valence-electron chi connectivity index (χ1n) is 16.4. The van der Waals surface area contributed by atoms with E-state index in [0.29, 0.717) is 27.0 Å². The third-order valence-electron chi connectivity index (χ3n) is 7.86. The molecule has 2 aromatic heterocycles. The molecule has 6 N–H and O–H groups in total. The number of hydrogen-bond acceptors (Lipinski definition) is 12. The first-order chi connectivity index (χ1) is 26.5. The Morgan fingerprint density at radius 1 is 0.636 bits per heavy atom. The van der Waals surface area contributed by atoms with Crippen molar-refractivity contribution in [2.24, 2.45) is 0 Å². The monoisotopic (exact) mass is 790 g/mol. The fraction of sp³-hybridized carbons (Fsp3) is 0.189. The van der Waals surface area contributed by atoms with Crippen molar-refractivity contribution in [1.29, 1.82) is 0 Å². The van der Waals surface area contributed by atoms with E-state index in [2.05, 4.69) is 24.7 Å². The molecule has 0 amide bonds. The molecular weight excluding hydrogens is 757 g/mol. The highest BCUT2D eigenvalue weighted by atomic mass is 32.2. The molecule has 4 aromatic carbocycles. The number of para-hydroxylation sites is 4. The topological polar surface area (TPSA) is 243 Å². The van der Waals surface area contributed by atoms with Crippen LogP contribution in [0, 0.1) is 0 Å². The smallest absolute Gasteiger partial charge is 0.450 e. The quantitative estimate of drug-likeness (QED) is 0.0262. The summed E-state index contributed by atoms with van der Waals surface area (Å²) in [5.74, 6) is 0. The molecule has 0 bridgehead atoms. The maximum atomic E-state index is 11.7. The fourth-order valence-electron chi connectivity index (χ4n) is 5.56. The van der Waals surface area contributed by atoms with Crippen molar-refractivity contribution in [3.63, 3.8) is 0 Å². The Hall–Kier alpha value is -6.40. The molecule has 0 saturated heterocycles. The third-order valence-corrected chi connectivity index (χ3v) is 10.3. The molecule has 55 heavy (non-hydrogen) atoms. The second-order valence-corrected chi connectivity index (χ2v) is 13.7. The predicted octanol–water partition coefficient (Wildman–Crippen LogP) is 8.51. The molecule has 6 aromatic rings. The number of ether oxygens (including phenoxy) is 4. The zero-order valence-electron chi connectivity index (χ0n) is 28.8. The standard InChI is InChI=1S/C24H20N2O6S.C13H14N2O6S/c27-22(28)31-15-20(32-23(29)30)24(16-9-3-1-4-10-16,17-11-5-2-6-12-17)33-21-25-18-13-7-8-14-19(18)26-21;1-2-9(20-12(16)17)10(21-13(18)19)22-11-14-7-5-3-4-6-8(7)15-11/h1-14,20H,15H2,(H,25,26)(H,27,28)(H,29,30);3-6,9-10H,2H2,1H3,(H,14,15)(H,16,17)(H,18,19). The molecule has 0 aliphatic carbocycles. The normalized spacial score (nSPS) is 12.7. The second kappa shape index (κ2) is 18.6. The van der Waals surface area contributed by atoms with Gasteiger partial charge in [0.2, 0.25) is 0 Å². The van der Waals surface area contributed by atoms with Crippen LogP contribution in [0.2, 0.25) is 0 Å². The fourth-order valence-corrected chi connectivity index (χ4v) is 7.99. The van der Waals surface area contributed by atoms with Crippen molar-refractivity contribution >= 4 is 70.2 Å². The molecule has 0 aliphatic rings. The molecule has 3 atom stereocenters. The minimum absolute atomic E-state index is 0.261. The molecule has 16 nitrogen and oxygen atoms in total. The van der Waals surface area contributed by atoms with Crippen molar-refractivity contribution in [3.05, 3.63) is 120 Å². The highest BCUT2D eigenvalue weighted by molar-refractivity contribution is 8.00. The van der Waals surface area contributed by atoms with Crippen LogP contribution in [0.4, 0.5) is 19.2 Å². The van der Waals surface area contributed by atoms with Gasteiger partial charge in [0, 0.05) is 0 Å². The Morgan fingerprint density at radius 3 is 1.58 bits per heavy atom. The molecule has 6 rings (SSSR count). The van der Waals surface area contributed by atoms with Crippen LogP contribution < -0.4 is 0 Å². The number of benzene rings is 4. The van der Waals surface area contributed by atoms with E-state index in [9.17, 15) is 24.3 Å². The number of carboxylic acid groups (broad SMARTS) is 4. The number of nitrogens with zero attached hydrogens (tertiary/aromatic N) is 2. The number of fused-ring (bicyclic) bond motifs is 2. The van der Waals surface area contributed by atoms with Crippen LogP contribution in [-0.4, -0.2) is 89.2 Å². The van der Waals surface area contributed by atoms with E-state index in [1.54, 1.807) is 13.0 Å². The summed E-state index contributed by atoms with van der Waals surface area (Å²) in [6.45, 7) is 1.16. The lowest BCUT2D eigenvalue weighted by atomic mass is 9.85. The molecule has 0 radical (unpaired) electrons. The molecule has 0 aliphatic heterocycles. The van der Waals surface area contributed by atoms with Gasteiger partial charge in [-0.3, -0.25) is 0 Å². The van der Waals surface area contributed by atoms with E-state index >= 15 is 0 Å². The number of carbonyl (C=O) groups is 4. The lowest BCUT2D eigenvalue weighted by Crippen LogP contribution is -2.44. The van der Waals surface area contributed by atoms with E-state index in [-0.39, 0.29) is 6.42 Å². The van der Waals surface area contributed by atoms with E-state index in [1.807, 2.05) is 103 Å². The van der Waals surface area contributed by atoms with Crippen molar-refractivity contribution < 1.29 is 58.6 Å². The number of thioether (sulfide) groups is 2. The number of hydrogen-bond donors (Lipinski definition) is 6. The van der Waals surface area contributed by atoms with E-state index in [1.165, 1.54) is 11.8 Å². The van der Waals surface area contributed by atoms with Gasteiger partial charge in [-0.05, 0) is 53.6 Å². The molecule has 0 fully saturated rings. The van der Waals surface area contributed by atoms with Gasteiger partial charge in [0.15, 0.2) is 28.0 Å². The summed E-state index contributed by atoms with van der Waals surface area (Å²) in [5, 5.41) is 37.1. The van der Waals surface area contributed by atoms with E-state index in [0.717, 1.165) is 28.3 Å². The van der Waals surface area contributed by atoms with Crippen molar-refractivity contribution in [1.82, 2.24) is 19.9 Å². The van der Waals surface area contributed by atoms with Crippen molar-refractivity contribution in [2.75, 3.05) is 6.61 Å². The molecule has 18 heteroatoms. The lowest BCUT2D eigenvalue weighted by Gasteiger charge is -2.38. The summed E-state index contributed by atoms with van der Waals surface area (Å²) in [7, 11) is 0. The molecule has 286 valence electrons. The zero-order chi connectivity index (χ0) is 39.4.